The van der Waals surface area contributed by atoms with E-state index in [-0.39, 0.29) is 40.2 Å². The number of hydrogen-bond acceptors (Lipinski definition) is 4. The highest BCUT2D eigenvalue weighted by Gasteiger charge is 2.56. The van der Waals surface area contributed by atoms with Crippen molar-refractivity contribution in [3.63, 3.8) is 0 Å². The third kappa shape index (κ3) is 2.97. The number of ether oxygens (including phenoxy) is 1. The first-order chi connectivity index (χ1) is 12.5. The van der Waals surface area contributed by atoms with E-state index in [1.807, 2.05) is 6.07 Å². The summed E-state index contributed by atoms with van der Waals surface area (Å²) >= 11 is 9.16. The summed E-state index contributed by atoms with van der Waals surface area (Å²) in [6.07, 6.45) is 0. The van der Waals surface area contributed by atoms with Gasteiger partial charge in [-0.15, -0.1) is 0 Å². The molecule has 0 radical (unpaired) electrons. The lowest BCUT2D eigenvalue weighted by molar-refractivity contribution is 0.249. The second kappa shape index (κ2) is 6.41. The van der Waals surface area contributed by atoms with Crippen LogP contribution in [0.4, 0.5) is 15.0 Å². The SMILES string of the molecule is N#Cc1ccc(NC(=O)NC2[C@H]3COc4c(Br)cc(F)cc4[C@@H]23)nc1Cl. The highest BCUT2D eigenvalue weighted by Crippen LogP contribution is 2.55. The average molecular weight is 438 g/mol. The maximum Gasteiger partial charge on any atom is 0.320 e. The lowest BCUT2D eigenvalue weighted by Crippen LogP contribution is -2.32. The smallest absolute Gasteiger partial charge is 0.320 e. The van der Waals surface area contributed by atoms with E-state index in [0.717, 1.165) is 5.56 Å². The molecule has 1 unspecified atom stereocenters. The van der Waals surface area contributed by atoms with Gasteiger partial charge in [0, 0.05) is 23.4 Å². The maximum absolute atomic E-state index is 13.7. The van der Waals surface area contributed by atoms with E-state index in [1.165, 1.54) is 24.3 Å². The summed E-state index contributed by atoms with van der Waals surface area (Å²) in [6.45, 7) is 0.452. The number of halogens is 3. The van der Waals surface area contributed by atoms with Gasteiger partial charge in [0.05, 0.1) is 16.6 Å². The number of urea groups is 1. The van der Waals surface area contributed by atoms with E-state index in [2.05, 4.69) is 31.5 Å². The summed E-state index contributed by atoms with van der Waals surface area (Å²) in [4.78, 5) is 16.2. The zero-order valence-electron chi connectivity index (χ0n) is 13.1. The van der Waals surface area contributed by atoms with Crippen molar-refractivity contribution in [2.45, 2.75) is 12.0 Å². The Morgan fingerprint density at radius 2 is 2.27 bits per heavy atom. The Balaban J connectivity index is 1.45. The molecule has 1 saturated carbocycles. The first-order valence-corrected chi connectivity index (χ1v) is 8.91. The normalized spacial score (nSPS) is 22.3. The van der Waals surface area contributed by atoms with Gasteiger partial charge >= 0.3 is 6.03 Å². The van der Waals surface area contributed by atoms with Gasteiger partial charge in [-0.25, -0.2) is 14.2 Å². The molecule has 2 amide bonds. The molecule has 26 heavy (non-hydrogen) atoms. The van der Waals surface area contributed by atoms with Crippen molar-refractivity contribution in [2.75, 3.05) is 11.9 Å². The van der Waals surface area contributed by atoms with Gasteiger partial charge in [-0.2, -0.15) is 5.26 Å². The summed E-state index contributed by atoms with van der Waals surface area (Å²) in [6, 6.07) is 7.07. The van der Waals surface area contributed by atoms with Crippen LogP contribution >= 0.6 is 27.5 Å². The largest absolute Gasteiger partial charge is 0.492 e. The van der Waals surface area contributed by atoms with Crippen LogP contribution in [0, 0.1) is 23.1 Å². The van der Waals surface area contributed by atoms with Crippen LogP contribution in [-0.4, -0.2) is 23.7 Å². The van der Waals surface area contributed by atoms with Crippen LogP contribution in [0.15, 0.2) is 28.7 Å². The molecular weight excluding hydrogens is 427 g/mol. The molecule has 3 atom stereocenters. The first-order valence-electron chi connectivity index (χ1n) is 7.74. The predicted octanol–water partition coefficient (Wildman–Crippen LogP) is 3.80. The van der Waals surface area contributed by atoms with E-state index in [1.54, 1.807) is 0 Å². The van der Waals surface area contributed by atoms with Gasteiger partial charge in [0.25, 0.3) is 0 Å². The Morgan fingerprint density at radius 1 is 1.46 bits per heavy atom. The number of amides is 2. The number of carbonyl (C=O) groups excluding carboxylic acids is 1. The summed E-state index contributed by atoms with van der Waals surface area (Å²) < 4.78 is 20.0. The van der Waals surface area contributed by atoms with Gasteiger partial charge in [-0.1, -0.05) is 11.6 Å². The average Bonchev–Trinajstić information content (AvgIpc) is 3.28. The van der Waals surface area contributed by atoms with E-state index < -0.39 is 6.03 Å². The number of nitrogens with one attached hydrogen (secondary N) is 2. The van der Waals surface area contributed by atoms with Gasteiger partial charge in [0.15, 0.2) is 0 Å². The Morgan fingerprint density at radius 3 is 3.00 bits per heavy atom. The predicted molar refractivity (Wildman–Crippen MR) is 95.7 cm³/mol. The van der Waals surface area contributed by atoms with E-state index in [9.17, 15) is 9.18 Å². The van der Waals surface area contributed by atoms with Crippen LogP contribution in [0.25, 0.3) is 0 Å². The van der Waals surface area contributed by atoms with Crippen LogP contribution in [0.1, 0.15) is 17.0 Å². The molecule has 1 aliphatic carbocycles. The molecule has 1 fully saturated rings. The quantitative estimate of drug-likeness (QED) is 0.700. The molecule has 9 heteroatoms. The van der Waals surface area contributed by atoms with E-state index >= 15 is 0 Å². The number of hydrogen-bond donors (Lipinski definition) is 2. The van der Waals surface area contributed by atoms with Crippen LogP contribution in [-0.2, 0) is 0 Å². The van der Waals surface area contributed by atoms with Crippen molar-refractivity contribution in [3.05, 3.63) is 50.8 Å². The molecule has 1 aromatic heterocycles. The molecule has 2 aromatic rings. The molecule has 1 aromatic carbocycles. The Bertz CT molecular complexity index is 965. The number of carbonyl (C=O) groups is 1. The molecule has 0 bridgehead atoms. The minimum atomic E-state index is -0.449. The van der Waals surface area contributed by atoms with Gasteiger partial charge in [0.2, 0.25) is 0 Å². The number of rotatable bonds is 2. The lowest BCUT2D eigenvalue weighted by atomic mass is 10.1. The lowest BCUT2D eigenvalue weighted by Gasteiger charge is -2.17. The first kappa shape index (κ1) is 17.1. The van der Waals surface area contributed by atoms with Crippen LogP contribution in [0.3, 0.4) is 0 Å². The fourth-order valence-electron chi connectivity index (χ4n) is 3.25. The topological polar surface area (TPSA) is 87.0 Å². The summed E-state index contributed by atoms with van der Waals surface area (Å²) in [5.74, 6) is 0.610. The summed E-state index contributed by atoms with van der Waals surface area (Å²) in [7, 11) is 0. The van der Waals surface area contributed by atoms with Crippen LogP contribution < -0.4 is 15.4 Å². The maximum atomic E-state index is 13.7. The van der Waals surface area contributed by atoms with Gasteiger partial charge in [0.1, 0.15) is 28.6 Å². The van der Waals surface area contributed by atoms with Crippen molar-refractivity contribution in [1.29, 1.82) is 5.26 Å². The monoisotopic (exact) mass is 436 g/mol. The molecule has 132 valence electrons. The number of nitrogens with zero attached hydrogens (tertiary/aromatic N) is 2. The molecule has 2 heterocycles. The summed E-state index contributed by atoms with van der Waals surface area (Å²) in [5.41, 5.74) is 0.977. The van der Waals surface area contributed by atoms with Crippen molar-refractivity contribution in [2.24, 2.45) is 5.92 Å². The Hall–Kier alpha value is -2.37. The molecule has 2 aliphatic rings. The molecule has 0 saturated heterocycles. The number of benzene rings is 1. The van der Waals surface area contributed by atoms with Crippen molar-refractivity contribution < 1.29 is 13.9 Å². The van der Waals surface area contributed by atoms with Crippen LogP contribution in [0.5, 0.6) is 5.75 Å². The molecule has 6 nitrogen and oxygen atoms in total. The third-order valence-corrected chi connectivity index (χ3v) is 5.37. The molecule has 1 aliphatic heterocycles. The third-order valence-electron chi connectivity index (χ3n) is 4.49. The molecular formula is C17H11BrClFN4O2. The number of nitriles is 1. The molecule has 2 N–H and O–H groups in total. The Labute approximate surface area is 161 Å². The van der Waals surface area contributed by atoms with Gasteiger partial charge in [-0.05, 0) is 40.2 Å². The highest BCUT2D eigenvalue weighted by atomic mass is 79.9. The number of pyridine rings is 1. The van der Waals surface area contributed by atoms with Crippen molar-refractivity contribution in [3.8, 4) is 11.8 Å². The zero-order valence-corrected chi connectivity index (χ0v) is 15.4. The fraction of sp³-hybridized carbons (Fsp3) is 0.235. The second-order valence-electron chi connectivity index (χ2n) is 6.08. The standard InChI is InChI=1S/C17H11BrClFN4O2/c18-11-4-8(20)3-9-13-10(6-26-15(9)11)14(13)24-17(25)23-12-2-1-7(5-21)16(19)22-12/h1-4,10,13-14H,6H2,(H2,22,23,24,25)/t10-,13+,14?/m0/s1. The van der Waals surface area contributed by atoms with E-state index in [0.29, 0.717) is 16.8 Å². The molecule has 0 spiro atoms. The zero-order chi connectivity index (χ0) is 18.4. The number of anilines is 1. The van der Waals surface area contributed by atoms with Crippen LogP contribution in [0.2, 0.25) is 5.15 Å². The van der Waals surface area contributed by atoms with Gasteiger partial charge in [-0.3, -0.25) is 5.32 Å². The Kier molecular flexibility index (Phi) is 4.21. The minimum Gasteiger partial charge on any atom is -0.492 e. The molecule has 4 rings (SSSR count). The minimum absolute atomic E-state index is 0.00834. The van der Waals surface area contributed by atoms with Gasteiger partial charge < -0.3 is 10.1 Å². The number of aromatic nitrogens is 1. The van der Waals surface area contributed by atoms with Crippen molar-refractivity contribution >= 4 is 39.4 Å². The van der Waals surface area contributed by atoms with Crippen molar-refractivity contribution in [1.82, 2.24) is 10.3 Å². The van der Waals surface area contributed by atoms with E-state index in [4.69, 9.17) is 21.6 Å². The summed E-state index contributed by atoms with van der Waals surface area (Å²) in [5, 5.41) is 14.3. The second-order valence-corrected chi connectivity index (χ2v) is 7.29. The number of fused-ring (bicyclic) bond motifs is 3. The highest BCUT2D eigenvalue weighted by molar-refractivity contribution is 9.10. The fourth-order valence-corrected chi connectivity index (χ4v) is 4.01.